The topological polar surface area (TPSA) is 117 Å². The SMILES string of the molecule is COCCOCCCNc1ccc(S(N)(=O)=O)c(N)c1. The van der Waals surface area contributed by atoms with Gasteiger partial charge in [0, 0.05) is 25.9 Å². The van der Waals surface area contributed by atoms with Crippen molar-refractivity contribution in [3.05, 3.63) is 18.2 Å². The van der Waals surface area contributed by atoms with Crippen LogP contribution < -0.4 is 16.2 Å². The van der Waals surface area contributed by atoms with E-state index in [0.717, 1.165) is 12.1 Å². The smallest absolute Gasteiger partial charge is 0.240 e. The molecule has 0 heterocycles. The normalized spacial score (nSPS) is 11.5. The van der Waals surface area contributed by atoms with E-state index in [-0.39, 0.29) is 10.6 Å². The highest BCUT2D eigenvalue weighted by Crippen LogP contribution is 2.21. The summed E-state index contributed by atoms with van der Waals surface area (Å²) >= 11 is 0. The first kappa shape index (κ1) is 16.7. The molecule has 0 aliphatic heterocycles. The van der Waals surface area contributed by atoms with Gasteiger partial charge in [-0.05, 0) is 24.6 Å². The molecule has 1 aromatic carbocycles. The standard InChI is InChI=1S/C12H21N3O4S/c1-18-7-8-19-6-2-5-15-10-3-4-12(11(13)9-10)20(14,16)17/h3-4,9,15H,2,5-8,13H2,1H3,(H2,14,16,17). The summed E-state index contributed by atoms with van der Waals surface area (Å²) in [7, 11) is -2.15. The van der Waals surface area contributed by atoms with E-state index < -0.39 is 10.0 Å². The number of rotatable bonds is 9. The van der Waals surface area contributed by atoms with Gasteiger partial charge in [0.1, 0.15) is 4.90 Å². The molecular weight excluding hydrogens is 282 g/mol. The summed E-state index contributed by atoms with van der Waals surface area (Å²) in [5.41, 5.74) is 6.53. The van der Waals surface area contributed by atoms with Gasteiger partial charge in [-0.15, -0.1) is 0 Å². The Morgan fingerprint density at radius 3 is 2.60 bits per heavy atom. The molecule has 0 aromatic heterocycles. The fourth-order valence-corrected chi connectivity index (χ4v) is 2.21. The second kappa shape index (κ2) is 8.05. The molecule has 0 radical (unpaired) electrons. The Morgan fingerprint density at radius 1 is 1.25 bits per heavy atom. The highest BCUT2D eigenvalue weighted by molar-refractivity contribution is 7.89. The molecule has 7 nitrogen and oxygen atoms in total. The van der Waals surface area contributed by atoms with Crippen molar-refractivity contribution in [2.24, 2.45) is 5.14 Å². The summed E-state index contributed by atoms with van der Waals surface area (Å²) in [5.74, 6) is 0. The Labute approximate surface area is 119 Å². The fourth-order valence-electron chi connectivity index (χ4n) is 1.57. The Bertz CT molecular complexity index is 519. The first-order valence-corrected chi connectivity index (χ1v) is 7.72. The van der Waals surface area contributed by atoms with Gasteiger partial charge in [0.25, 0.3) is 0 Å². The van der Waals surface area contributed by atoms with Crippen LogP contribution in [0.2, 0.25) is 0 Å². The Hall–Kier alpha value is -1.35. The number of methoxy groups -OCH3 is 1. The summed E-state index contributed by atoms with van der Waals surface area (Å²) in [6, 6.07) is 4.56. The lowest BCUT2D eigenvalue weighted by Crippen LogP contribution is -2.14. The molecule has 1 aromatic rings. The van der Waals surface area contributed by atoms with E-state index in [1.807, 2.05) is 0 Å². The maximum atomic E-state index is 11.2. The highest BCUT2D eigenvalue weighted by atomic mass is 32.2. The molecule has 0 saturated carbocycles. The molecule has 0 unspecified atom stereocenters. The van der Waals surface area contributed by atoms with Crippen LogP contribution in [0.3, 0.4) is 0 Å². The second-order valence-corrected chi connectivity index (χ2v) is 5.71. The number of nitrogens with two attached hydrogens (primary N) is 2. The quantitative estimate of drug-likeness (QED) is 0.448. The summed E-state index contributed by atoms with van der Waals surface area (Å²) in [6.45, 7) is 2.48. The van der Waals surface area contributed by atoms with E-state index >= 15 is 0 Å². The van der Waals surface area contributed by atoms with Crippen molar-refractivity contribution >= 4 is 21.4 Å². The van der Waals surface area contributed by atoms with Crippen LogP contribution >= 0.6 is 0 Å². The number of hydrogen-bond acceptors (Lipinski definition) is 6. The Morgan fingerprint density at radius 2 is 2.00 bits per heavy atom. The molecule has 20 heavy (non-hydrogen) atoms. The third-order valence-electron chi connectivity index (χ3n) is 2.54. The Kier molecular flexibility index (Phi) is 6.73. The van der Waals surface area contributed by atoms with Crippen molar-refractivity contribution in [3.63, 3.8) is 0 Å². The van der Waals surface area contributed by atoms with Crippen molar-refractivity contribution < 1.29 is 17.9 Å². The van der Waals surface area contributed by atoms with Gasteiger partial charge in [-0.25, -0.2) is 13.6 Å². The number of ether oxygens (including phenoxy) is 2. The molecule has 0 atom stereocenters. The first-order valence-electron chi connectivity index (χ1n) is 6.18. The molecule has 0 saturated heterocycles. The van der Waals surface area contributed by atoms with E-state index in [1.165, 1.54) is 6.07 Å². The maximum absolute atomic E-state index is 11.2. The van der Waals surface area contributed by atoms with Crippen LogP contribution in [-0.4, -0.2) is 41.9 Å². The lowest BCUT2D eigenvalue weighted by molar-refractivity contribution is 0.0705. The second-order valence-electron chi connectivity index (χ2n) is 4.18. The van der Waals surface area contributed by atoms with Crippen LogP contribution in [0.4, 0.5) is 11.4 Å². The lowest BCUT2D eigenvalue weighted by Gasteiger charge is -2.09. The molecule has 0 fully saturated rings. The van der Waals surface area contributed by atoms with Crippen molar-refractivity contribution in [1.82, 2.24) is 0 Å². The van der Waals surface area contributed by atoms with Crippen molar-refractivity contribution in [1.29, 1.82) is 0 Å². The number of nitrogen functional groups attached to an aromatic ring is 1. The van der Waals surface area contributed by atoms with Gasteiger partial charge < -0.3 is 20.5 Å². The van der Waals surface area contributed by atoms with Gasteiger partial charge in [0.05, 0.1) is 18.9 Å². The van der Waals surface area contributed by atoms with Crippen LogP contribution in [0.1, 0.15) is 6.42 Å². The van der Waals surface area contributed by atoms with Gasteiger partial charge in [0.15, 0.2) is 0 Å². The third kappa shape index (κ3) is 5.74. The minimum absolute atomic E-state index is 0.0639. The molecule has 114 valence electrons. The first-order chi connectivity index (χ1) is 9.45. The monoisotopic (exact) mass is 303 g/mol. The Balaban J connectivity index is 2.37. The maximum Gasteiger partial charge on any atom is 0.240 e. The molecule has 8 heteroatoms. The summed E-state index contributed by atoms with van der Waals surface area (Å²) < 4.78 is 32.6. The van der Waals surface area contributed by atoms with Crippen LogP contribution in [0.25, 0.3) is 0 Å². The van der Waals surface area contributed by atoms with E-state index in [2.05, 4.69) is 5.32 Å². The highest BCUT2D eigenvalue weighted by Gasteiger charge is 2.11. The summed E-state index contributed by atoms with van der Waals surface area (Å²) in [5, 5.41) is 8.16. The molecule has 0 bridgehead atoms. The van der Waals surface area contributed by atoms with E-state index in [4.69, 9.17) is 20.3 Å². The largest absolute Gasteiger partial charge is 0.398 e. The predicted molar refractivity (Wildman–Crippen MR) is 78.0 cm³/mol. The molecule has 0 spiro atoms. The van der Waals surface area contributed by atoms with Gasteiger partial charge in [-0.3, -0.25) is 0 Å². The predicted octanol–water partition coefficient (Wildman–Crippen LogP) is 0.381. The van der Waals surface area contributed by atoms with Crippen LogP contribution in [0.5, 0.6) is 0 Å². The van der Waals surface area contributed by atoms with Crippen LogP contribution in [-0.2, 0) is 19.5 Å². The number of benzene rings is 1. The minimum Gasteiger partial charge on any atom is -0.398 e. The number of nitrogens with one attached hydrogen (secondary N) is 1. The van der Waals surface area contributed by atoms with Crippen LogP contribution in [0, 0.1) is 0 Å². The fraction of sp³-hybridized carbons (Fsp3) is 0.500. The van der Waals surface area contributed by atoms with E-state index in [9.17, 15) is 8.42 Å². The van der Waals surface area contributed by atoms with Crippen LogP contribution in [0.15, 0.2) is 23.1 Å². The number of primary sulfonamides is 1. The van der Waals surface area contributed by atoms with Gasteiger partial charge in [-0.2, -0.15) is 0 Å². The summed E-state index contributed by atoms with van der Waals surface area (Å²) in [4.78, 5) is -0.0639. The molecule has 1 rings (SSSR count). The zero-order chi connectivity index (χ0) is 15.0. The van der Waals surface area contributed by atoms with Gasteiger partial charge in [0.2, 0.25) is 10.0 Å². The van der Waals surface area contributed by atoms with Gasteiger partial charge >= 0.3 is 0 Å². The molecule has 0 amide bonds. The average molecular weight is 303 g/mol. The molecule has 0 aliphatic carbocycles. The zero-order valence-corrected chi connectivity index (χ0v) is 12.3. The van der Waals surface area contributed by atoms with E-state index in [1.54, 1.807) is 19.2 Å². The summed E-state index contributed by atoms with van der Waals surface area (Å²) in [6.07, 6.45) is 0.820. The molecular formula is C12H21N3O4S. The minimum atomic E-state index is -3.77. The number of anilines is 2. The van der Waals surface area contributed by atoms with Crippen molar-refractivity contribution in [2.75, 3.05) is 44.5 Å². The third-order valence-corrected chi connectivity index (χ3v) is 3.53. The van der Waals surface area contributed by atoms with E-state index in [0.29, 0.717) is 26.4 Å². The molecule has 0 aliphatic rings. The average Bonchev–Trinajstić information content (AvgIpc) is 2.36. The number of hydrogen-bond donors (Lipinski definition) is 3. The van der Waals surface area contributed by atoms with Crippen molar-refractivity contribution in [3.8, 4) is 0 Å². The number of sulfonamides is 1. The molecule has 5 N–H and O–H groups in total. The lowest BCUT2D eigenvalue weighted by atomic mass is 10.2. The van der Waals surface area contributed by atoms with Crippen molar-refractivity contribution in [2.45, 2.75) is 11.3 Å². The zero-order valence-electron chi connectivity index (χ0n) is 11.5. The van der Waals surface area contributed by atoms with Gasteiger partial charge in [-0.1, -0.05) is 0 Å².